The lowest BCUT2D eigenvalue weighted by atomic mass is 9.84. The van der Waals surface area contributed by atoms with Gasteiger partial charge in [0.1, 0.15) is 0 Å². The van der Waals surface area contributed by atoms with Gasteiger partial charge >= 0.3 is 0 Å². The Morgan fingerprint density at radius 1 is 0.436 bits per heavy atom. The molecule has 0 heteroatoms. The third-order valence-electron chi connectivity index (χ3n) is 8.35. The number of fused-ring (bicyclic) bond motifs is 7. The van der Waals surface area contributed by atoms with Crippen molar-refractivity contribution in [3.8, 4) is 11.1 Å². The molecule has 0 radical (unpaired) electrons. The van der Waals surface area contributed by atoms with Gasteiger partial charge in [0, 0.05) is 0 Å². The molecule has 7 aromatic carbocycles. The average molecular weight is 501 g/mol. The minimum absolute atomic E-state index is 1.22. The zero-order valence-electron chi connectivity index (χ0n) is 22.5. The van der Waals surface area contributed by atoms with E-state index in [1.165, 1.54) is 85.5 Å². The maximum Gasteiger partial charge on any atom is -0.00989 e. The van der Waals surface area contributed by atoms with E-state index in [4.69, 9.17) is 0 Å². The summed E-state index contributed by atoms with van der Waals surface area (Å²) in [6.07, 6.45) is 5.10. The van der Waals surface area contributed by atoms with Gasteiger partial charge in [-0.1, -0.05) is 115 Å². The standard InChI is InChI=1S/C25H22.C14H10/c1-17-10-12-19(13-11-17)24-16-25-20-7-3-2-6-18(20)14-15-23(25)21-8-4-5-9-22(21)24;1-2-6-12-10-14-8-4-3-7-13(14)9-11(12)5-1/h4-5,8-16H,2-3,6-7H2,1H3;1-10H. The molecule has 39 heavy (non-hydrogen) atoms. The van der Waals surface area contributed by atoms with Crippen molar-refractivity contribution in [1.82, 2.24) is 0 Å². The monoisotopic (exact) mass is 500 g/mol. The normalized spacial score (nSPS) is 12.8. The first kappa shape index (κ1) is 23.7. The highest BCUT2D eigenvalue weighted by atomic mass is 14.2. The number of aryl methyl sites for hydroxylation is 3. The maximum absolute atomic E-state index is 2.45. The van der Waals surface area contributed by atoms with E-state index in [2.05, 4.69) is 134 Å². The summed E-state index contributed by atoms with van der Waals surface area (Å²) in [5.41, 5.74) is 7.14. The summed E-state index contributed by atoms with van der Waals surface area (Å²) in [5, 5.41) is 10.9. The van der Waals surface area contributed by atoms with Crippen LogP contribution in [0.2, 0.25) is 0 Å². The Labute approximate surface area is 230 Å². The Bertz CT molecular complexity index is 1850. The van der Waals surface area contributed by atoms with Crippen LogP contribution in [-0.2, 0) is 12.8 Å². The van der Waals surface area contributed by atoms with Gasteiger partial charge in [0.25, 0.3) is 0 Å². The Morgan fingerprint density at radius 2 is 0.974 bits per heavy atom. The third-order valence-corrected chi connectivity index (χ3v) is 8.35. The third kappa shape index (κ3) is 4.47. The zero-order valence-corrected chi connectivity index (χ0v) is 22.5. The van der Waals surface area contributed by atoms with Crippen molar-refractivity contribution in [3.05, 3.63) is 144 Å². The highest BCUT2D eigenvalue weighted by Gasteiger charge is 2.16. The van der Waals surface area contributed by atoms with Crippen LogP contribution in [0.15, 0.2) is 127 Å². The summed E-state index contributed by atoms with van der Waals surface area (Å²) in [5.74, 6) is 0. The van der Waals surface area contributed by atoms with Crippen LogP contribution in [0, 0.1) is 6.92 Å². The smallest absolute Gasteiger partial charge is 0.00989 e. The lowest BCUT2D eigenvalue weighted by molar-refractivity contribution is 0.690. The number of rotatable bonds is 1. The largest absolute Gasteiger partial charge is 0.0616 e. The van der Waals surface area contributed by atoms with Gasteiger partial charge in [-0.2, -0.15) is 0 Å². The Balaban J connectivity index is 0.000000153. The highest BCUT2D eigenvalue weighted by molar-refractivity contribution is 6.14. The molecule has 8 rings (SSSR count). The molecule has 1 aliphatic carbocycles. The molecule has 7 aromatic rings. The molecular formula is C39H32. The van der Waals surface area contributed by atoms with Crippen LogP contribution in [-0.4, -0.2) is 0 Å². The van der Waals surface area contributed by atoms with Gasteiger partial charge in [-0.15, -0.1) is 0 Å². The second-order valence-corrected chi connectivity index (χ2v) is 10.9. The molecule has 0 unspecified atom stereocenters. The Morgan fingerprint density at radius 3 is 1.62 bits per heavy atom. The van der Waals surface area contributed by atoms with Crippen LogP contribution in [0.3, 0.4) is 0 Å². The molecule has 188 valence electrons. The summed E-state index contributed by atoms with van der Waals surface area (Å²) in [6, 6.07) is 46.4. The fraction of sp³-hybridized carbons (Fsp3) is 0.128. The molecule has 1 aliphatic rings. The second kappa shape index (κ2) is 10.0. The lowest BCUT2D eigenvalue weighted by Gasteiger charge is -2.20. The molecule has 0 amide bonds. The van der Waals surface area contributed by atoms with Crippen molar-refractivity contribution in [3.63, 3.8) is 0 Å². The van der Waals surface area contributed by atoms with Crippen molar-refractivity contribution in [2.24, 2.45) is 0 Å². The molecule has 0 saturated heterocycles. The molecular weight excluding hydrogens is 468 g/mol. The fourth-order valence-electron chi connectivity index (χ4n) is 6.29. The van der Waals surface area contributed by atoms with E-state index in [1.54, 1.807) is 11.1 Å². The summed E-state index contributed by atoms with van der Waals surface area (Å²) < 4.78 is 0. The van der Waals surface area contributed by atoms with Gasteiger partial charge in [0.05, 0.1) is 0 Å². The van der Waals surface area contributed by atoms with E-state index >= 15 is 0 Å². The van der Waals surface area contributed by atoms with Crippen LogP contribution < -0.4 is 0 Å². The van der Waals surface area contributed by atoms with Crippen molar-refractivity contribution in [1.29, 1.82) is 0 Å². The van der Waals surface area contributed by atoms with Crippen molar-refractivity contribution >= 4 is 43.1 Å². The van der Waals surface area contributed by atoms with E-state index in [-0.39, 0.29) is 0 Å². The summed E-state index contributed by atoms with van der Waals surface area (Å²) in [6.45, 7) is 2.15. The molecule has 0 aliphatic heterocycles. The van der Waals surface area contributed by atoms with Crippen LogP contribution in [0.5, 0.6) is 0 Å². The SMILES string of the molecule is Cc1ccc(-c2cc3c4c(ccc3c3ccccc23)CCCC4)cc1.c1ccc2cc3ccccc3cc2c1. The van der Waals surface area contributed by atoms with Gasteiger partial charge in [-0.3, -0.25) is 0 Å². The van der Waals surface area contributed by atoms with Gasteiger partial charge in [-0.05, 0) is 116 Å². The molecule has 0 aromatic heterocycles. The van der Waals surface area contributed by atoms with Gasteiger partial charge in [0.2, 0.25) is 0 Å². The Kier molecular flexibility index (Phi) is 6.10. The molecule has 0 saturated carbocycles. The van der Waals surface area contributed by atoms with E-state index in [9.17, 15) is 0 Å². The minimum atomic E-state index is 1.22. The number of hydrogen-bond donors (Lipinski definition) is 0. The van der Waals surface area contributed by atoms with E-state index in [0.29, 0.717) is 0 Å². The lowest BCUT2D eigenvalue weighted by Crippen LogP contribution is -2.03. The van der Waals surface area contributed by atoms with E-state index in [1.807, 2.05) is 0 Å². The van der Waals surface area contributed by atoms with Crippen LogP contribution in [0.4, 0.5) is 0 Å². The summed E-state index contributed by atoms with van der Waals surface area (Å²) in [4.78, 5) is 0. The van der Waals surface area contributed by atoms with Crippen molar-refractivity contribution < 1.29 is 0 Å². The van der Waals surface area contributed by atoms with Crippen LogP contribution in [0.1, 0.15) is 29.5 Å². The first-order chi connectivity index (χ1) is 19.2. The summed E-state index contributed by atoms with van der Waals surface area (Å²) >= 11 is 0. The van der Waals surface area contributed by atoms with E-state index < -0.39 is 0 Å². The molecule has 0 fully saturated rings. The topological polar surface area (TPSA) is 0 Å². The van der Waals surface area contributed by atoms with Gasteiger partial charge < -0.3 is 0 Å². The zero-order chi connectivity index (χ0) is 26.2. The summed E-state index contributed by atoms with van der Waals surface area (Å²) in [7, 11) is 0. The number of hydrogen-bond acceptors (Lipinski definition) is 0. The van der Waals surface area contributed by atoms with E-state index in [0.717, 1.165) is 0 Å². The minimum Gasteiger partial charge on any atom is -0.0616 e. The van der Waals surface area contributed by atoms with Gasteiger partial charge in [0.15, 0.2) is 0 Å². The molecule has 0 heterocycles. The van der Waals surface area contributed by atoms with Crippen LogP contribution in [0.25, 0.3) is 54.2 Å². The molecule has 0 nitrogen and oxygen atoms in total. The molecule has 0 atom stereocenters. The maximum atomic E-state index is 2.45. The van der Waals surface area contributed by atoms with Crippen molar-refractivity contribution in [2.75, 3.05) is 0 Å². The Hall–Kier alpha value is -4.42. The van der Waals surface area contributed by atoms with Gasteiger partial charge in [-0.25, -0.2) is 0 Å². The second-order valence-electron chi connectivity index (χ2n) is 10.9. The quantitative estimate of drug-likeness (QED) is 0.155. The average Bonchev–Trinajstić information content (AvgIpc) is 3.00. The molecule has 0 N–H and O–H groups in total. The predicted molar refractivity (Wildman–Crippen MR) is 170 cm³/mol. The highest BCUT2D eigenvalue weighted by Crippen LogP contribution is 2.38. The first-order valence-electron chi connectivity index (χ1n) is 14.2. The fourth-order valence-corrected chi connectivity index (χ4v) is 6.29. The number of benzene rings is 7. The van der Waals surface area contributed by atoms with Crippen molar-refractivity contribution in [2.45, 2.75) is 32.6 Å². The molecule has 0 spiro atoms. The first-order valence-corrected chi connectivity index (χ1v) is 14.2. The molecule has 0 bridgehead atoms. The van der Waals surface area contributed by atoms with Crippen LogP contribution >= 0.6 is 0 Å². The predicted octanol–water partition coefficient (Wildman–Crippen LogP) is 10.8.